The molecule has 0 aromatic heterocycles. The van der Waals surface area contributed by atoms with Crippen molar-refractivity contribution >= 4 is 10.2 Å². The topological polar surface area (TPSA) is 67.9 Å². The predicted octanol–water partition coefficient (Wildman–Crippen LogP) is 2.35. The first kappa shape index (κ1) is 19.0. The van der Waals surface area contributed by atoms with Crippen LogP contribution in [0, 0.1) is 0 Å². The Balaban J connectivity index is 1.90. The zero-order valence-electron chi connectivity index (χ0n) is 14.7. The third-order valence-electron chi connectivity index (χ3n) is 4.61. The van der Waals surface area contributed by atoms with Crippen LogP contribution in [0.15, 0.2) is 18.2 Å². The fourth-order valence-electron chi connectivity index (χ4n) is 3.10. The molecule has 1 aromatic rings. The van der Waals surface area contributed by atoms with Crippen LogP contribution in [0.3, 0.4) is 0 Å². The van der Waals surface area contributed by atoms with Crippen LogP contribution in [-0.2, 0) is 16.6 Å². The van der Waals surface area contributed by atoms with Crippen molar-refractivity contribution < 1.29 is 17.9 Å². The molecule has 0 unspecified atom stereocenters. The number of methoxy groups -OCH3 is 2. The quantitative estimate of drug-likeness (QED) is 0.776. The predicted molar refractivity (Wildman–Crippen MR) is 94.8 cm³/mol. The summed E-state index contributed by atoms with van der Waals surface area (Å²) in [6, 6.07) is 5.74. The fraction of sp³-hybridized carbons (Fsp3) is 0.647. The number of hydrogen-bond acceptors (Lipinski definition) is 4. The van der Waals surface area contributed by atoms with Gasteiger partial charge in [0.15, 0.2) is 11.5 Å². The Morgan fingerprint density at radius 2 is 1.79 bits per heavy atom. The number of ether oxygens (including phenoxy) is 2. The molecule has 1 fully saturated rings. The average molecular weight is 356 g/mol. The van der Waals surface area contributed by atoms with Gasteiger partial charge in [-0.05, 0) is 37.0 Å². The van der Waals surface area contributed by atoms with E-state index in [1.807, 2.05) is 18.2 Å². The monoisotopic (exact) mass is 356 g/mol. The second kappa shape index (κ2) is 8.69. The number of nitrogens with zero attached hydrogens (tertiary/aromatic N) is 1. The zero-order chi connectivity index (χ0) is 17.6. The summed E-state index contributed by atoms with van der Waals surface area (Å²) in [5, 5.41) is 0. The molecule has 0 radical (unpaired) electrons. The van der Waals surface area contributed by atoms with Crippen LogP contribution < -0.4 is 14.2 Å². The number of nitrogens with one attached hydrogen (secondary N) is 1. The lowest BCUT2D eigenvalue weighted by Gasteiger charge is -2.30. The van der Waals surface area contributed by atoms with E-state index in [9.17, 15) is 8.42 Å². The van der Waals surface area contributed by atoms with Crippen LogP contribution in [-0.4, -0.2) is 46.6 Å². The molecule has 1 N–H and O–H groups in total. The highest BCUT2D eigenvalue weighted by molar-refractivity contribution is 7.87. The molecule has 7 heteroatoms. The molecule has 0 bridgehead atoms. The van der Waals surface area contributed by atoms with Crippen molar-refractivity contribution in [2.45, 2.75) is 44.6 Å². The van der Waals surface area contributed by atoms with E-state index in [4.69, 9.17) is 9.47 Å². The van der Waals surface area contributed by atoms with Crippen LogP contribution >= 0.6 is 0 Å². The van der Waals surface area contributed by atoms with E-state index < -0.39 is 10.2 Å². The van der Waals surface area contributed by atoms with Gasteiger partial charge in [0.2, 0.25) is 0 Å². The Morgan fingerprint density at radius 3 is 2.42 bits per heavy atom. The molecule has 0 atom stereocenters. The van der Waals surface area contributed by atoms with Crippen molar-refractivity contribution in [1.29, 1.82) is 0 Å². The molecule has 1 saturated carbocycles. The second-order valence-corrected chi connectivity index (χ2v) is 7.96. The van der Waals surface area contributed by atoms with E-state index in [0.717, 1.165) is 31.2 Å². The minimum absolute atomic E-state index is 0.123. The van der Waals surface area contributed by atoms with Crippen molar-refractivity contribution in [3.8, 4) is 11.5 Å². The molecule has 0 spiro atoms. The maximum absolute atomic E-state index is 12.4. The highest BCUT2D eigenvalue weighted by Gasteiger charge is 2.26. The van der Waals surface area contributed by atoms with Crippen molar-refractivity contribution in [2.75, 3.05) is 27.8 Å². The largest absolute Gasteiger partial charge is 0.493 e. The molecule has 0 heterocycles. The summed E-state index contributed by atoms with van der Waals surface area (Å²) < 4.78 is 39.5. The Hall–Kier alpha value is -1.31. The van der Waals surface area contributed by atoms with Gasteiger partial charge < -0.3 is 9.47 Å². The summed E-state index contributed by atoms with van der Waals surface area (Å²) in [4.78, 5) is 0. The van der Waals surface area contributed by atoms with E-state index in [0.29, 0.717) is 24.5 Å². The number of rotatable bonds is 8. The van der Waals surface area contributed by atoms with Gasteiger partial charge in [0.1, 0.15) is 0 Å². The van der Waals surface area contributed by atoms with E-state index in [-0.39, 0.29) is 6.04 Å². The summed E-state index contributed by atoms with van der Waals surface area (Å²) in [6.07, 6.45) is 5.92. The van der Waals surface area contributed by atoms with E-state index in [1.54, 1.807) is 21.3 Å². The van der Waals surface area contributed by atoms with Gasteiger partial charge in [-0.15, -0.1) is 0 Å². The first-order valence-corrected chi connectivity index (χ1v) is 9.85. The Bertz CT molecular complexity index is 627. The number of benzene rings is 1. The van der Waals surface area contributed by atoms with Crippen molar-refractivity contribution in [3.05, 3.63) is 23.8 Å². The van der Waals surface area contributed by atoms with Gasteiger partial charge in [0, 0.05) is 19.6 Å². The van der Waals surface area contributed by atoms with Crippen LogP contribution in [0.5, 0.6) is 11.5 Å². The molecular formula is C17H28N2O4S. The first-order valence-electron chi connectivity index (χ1n) is 8.41. The normalized spacial score (nSPS) is 16.3. The number of hydrogen-bond donors (Lipinski definition) is 1. The molecule has 24 heavy (non-hydrogen) atoms. The van der Waals surface area contributed by atoms with Crippen molar-refractivity contribution in [2.24, 2.45) is 0 Å². The highest BCUT2D eigenvalue weighted by Crippen LogP contribution is 2.27. The second-order valence-electron chi connectivity index (χ2n) is 6.15. The SMILES string of the molecule is COc1ccc(CCNS(=O)(=O)N(C)C2CCCCC2)cc1OC. The molecular weight excluding hydrogens is 328 g/mol. The van der Waals surface area contributed by atoms with Gasteiger partial charge in [-0.1, -0.05) is 25.3 Å². The zero-order valence-corrected chi connectivity index (χ0v) is 15.6. The van der Waals surface area contributed by atoms with Gasteiger partial charge in [-0.25, -0.2) is 4.72 Å². The lowest BCUT2D eigenvalue weighted by Crippen LogP contribution is -2.45. The average Bonchev–Trinajstić information content (AvgIpc) is 2.61. The van der Waals surface area contributed by atoms with Gasteiger partial charge in [-0.3, -0.25) is 0 Å². The maximum atomic E-state index is 12.4. The van der Waals surface area contributed by atoms with Gasteiger partial charge in [0.25, 0.3) is 10.2 Å². The molecule has 136 valence electrons. The smallest absolute Gasteiger partial charge is 0.279 e. The third kappa shape index (κ3) is 4.84. The summed E-state index contributed by atoms with van der Waals surface area (Å²) >= 11 is 0. The molecule has 0 amide bonds. The van der Waals surface area contributed by atoms with Gasteiger partial charge >= 0.3 is 0 Å². The first-order chi connectivity index (χ1) is 11.5. The van der Waals surface area contributed by atoms with E-state index >= 15 is 0 Å². The minimum Gasteiger partial charge on any atom is -0.493 e. The van der Waals surface area contributed by atoms with E-state index in [1.165, 1.54) is 10.7 Å². The molecule has 1 aliphatic carbocycles. The van der Waals surface area contributed by atoms with Gasteiger partial charge in [-0.2, -0.15) is 12.7 Å². The fourth-order valence-corrected chi connectivity index (χ4v) is 4.27. The van der Waals surface area contributed by atoms with Gasteiger partial charge in [0.05, 0.1) is 14.2 Å². The summed E-state index contributed by atoms with van der Waals surface area (Å²) in [5.41, 5.74) is 0.996. The van der Waals surface area contributed by atoms with Crippen LogP contribution in [0.2, 0.25) is 0 Å². The van der Waals surface area contributed by atoms with Crippen molar-refractivity contribution in [1.82, 2.24) is 9.03 Å². The van der Waals surface area contributed by atoms with Crippen LogP contribution in [0.4, 0.5) is 0 Å². The molecule has 1 aliphatic rings. The summed E-state index contributed by atoms with van der Waals surface area (Å²) in [6.45, 7) is 0.356. The standard InChI is InChI=1S/C17H28N2O4S/c1-19(15-7-5-4-6-8-15)24(20,21)18-12-11-14-9-10-16(22-2)17(13-14)23-3/h9-10,13,15,18H,4-8,11-12H2,1-3H3. The lowest BCUT2D eigenvalue weighted by atomic mass is 9.96. The Labute approximate surface area is 145 Å². The van der Waals surface area contributed by atoms with Crippen LogP contribution in [0.1, 0.15) is 37.7 Å². The highest BCUT2D eigenvalue weighted by atomic mass is 32.2. The molecule has 2 rings (SSSR count). The van der Waals surface area contributed by atoms with Crippen molar-refractivity contribution in [3.63, 3.8) is 0 Å². The minimum atomic E-state index is -3.43. The maximum Gasteiger partial charge on any atom is 0.279 e. The molecule has 0 saturated heterocycles. The lowest BCUT2D eigenvalue weighted by molar-refractivity contribution is 0.283. The molecule has 1 aromatic carbocycles. The van der Waals surface area contributed by atoms with Crippen LogP contribution in [0.25, 0.3) is 0 Å². The Kier molecular flexibility index (Phi) is 6.89. The molecule has 0 aliphatic heterocycles. The van der Waals surface area contributed by atoms with E-state index in [2.05, 4.69) is 4.72 Å². The third-order valence-corrected chi connectivity index (χ3v) is 6.24. The summed E-state index contributed by atoms with van der Waals surface area (Å²) in [5.74, 6) is 1.32. The summed E-state index contributed by atoms with van der Waals surface area (Å²) in [7, 11) is 1.42. The molecule has 6 nitrogen and oxygen atoms in total. The Morgan fingerprint density at radius 1 is 1.12 bits per heavy atom.